The van der Waals surface area contributed by atoms with Gasteiger partial charge in [0.15, 0.2) is 0 Å². The Morgan fingerprint density at radius 1 is 1.43 bits per heavy atom. The first-order valence-electron chi connectivity index (χ1n) is 5.95. The van der Waals surface area contributed by atoms with E-state index in [-0.39, 0.29) is 22.2 Å². The zero-order valence-corrected chi connectivity index (χ0v) is 13.8. The minimum atomic E-state index is -1.08. The second-order valence-electron chi connectivity index (χ2n) is 4.18. The van der Waals surface area contributed by atoms with E-state index < -0.39 is 5.97 Å². The van der Waals surface area contributed by atoms with E-state index in [1.807, 2.05) is 12.3 Å². The summed E-state index contributed by atoms with van der Waals surface area (Å²) in [6, 6.07) is 0. The summed E-state index contributed by atoms with van der Waals surface area (Å²) in [6.07, 6.45) is 0. The third-order valence-electron chi connectivity index (χ3n) is 2.48. The Balaban J connectivity index is 1.86. The van der Waals surface area contributed by atoms with Gasteiger partial charge in [0.25, 0.3) is 0 Å². The molecule has 0 fully saturated rings. The standard InChI is InChI=1S/C12H13N3O3S3/c1-6-10(12(17)18)11(21-15-6)14-9(16)5-19-3-8-4-20-7(2)13-8/h4H,3,5H2,1-2H3,(H,14,16)(H,17,18). The van der Waals surface area contributed by atoms with Crippen molar-refractivity contribution in [2.24, 2.45) is 0 Å². The Kier molecular flexibility index (Phi) is 5.32. The number of rotatable bonds is 6. The van der Waals surface area contributed by atoms with E-state index in [4.69, 9.17) is 5.11 Å². The predicted molar refractivity (Wildman–Crippen MR) is 85.5 cm³/mol. The molecule has 1 amide bonds. The first-order chi connectivity index (χ1) is 9.97. The van der Waals surface area contributed by atoms with Gasteiger partial charge in [0, 0.05) is 11.1 Å². The highest BCUT2D eigenvalue weighted by atomic mass is 32.2. The normalized spacial score (nSPS) is 10.6. The number of carboxylic acid groups (broad SMARTS) is 1. The highest BCUT2D eigenvalue weighted by molar-refractivity contribution is 7.99. The largest absolute Gasteiger partial charge is 0.478 e. The van der Waals surface area contributed by atoms with Gasteiger partial charge in [-0.2, -0.15) is 4.37 Å². The Hall–Kier alpha value is -1.45. The summed E-state index contributed by atoms with van der Waals surface area (Å²) >= 11 is 4.00. The van der Waals surface area contributed by atoms with Crippen molar-refractivity contribution >= 4 is 51.5 Å². The van der Waals surface area contributed by atoms with Crippen LogP contribution < -0.4 is 5.32 Å². The number of nitrogens with zero attached hydrogens (tertiary/aromatic N) is 2. The number of nitrogens with one attached hydrogen (secondary N) is 1. The second-order valence-corrected chi connectivity index (χ2v) is 7.00. The van der Waals surface area contributed by atoms with Crippen LogP contribution in [0.15, 0.2) is 5.38 Å². The first kappa shape index (κ1) is 15.9. The number of hydrogen-bond acceptors (Lipinski definition) is 7. The van der Waals surface area contributed by atoms with Gasteiger partial charge in [-0.1, -0.05) is 0 Å². The van der Waals surface area contributed by atoms with Crippen molar-refractivity contribution in [2.75, 3.05) is 11.1 Å². The van der Waals surface area contributed by atoms with Gasteiger partial charge in [0.2, 0.25) is 5.91 Å². The number of carbonyl (C=O) groups excluding carboxylic acids is 1. The summed E-state index contributed by atoms with van der Waals surface area (Å²) in [5.74, 6) is -0.419. The minimum absolute atomic E-state index is 0.0634. The Bertz CT molecular complexity index is 666. The SMILES string of the molecule is Cc1nc(CSCC(=O)Nc2snc(C)c2C(=O)O)cs1. The lowest BCUT2D eigenvalue weighted by Gasteiger charge is -2.03. The van der Waals surface area contributed by atoms with Crippen molar-refractivity contribution in [3.8, 4) is 0 Å². The molecule has 0 saturated carbocycles. The molecule has 0 atom stereocenters. The van der Waals surface area contributed by atoms with Gasteiger partial charge in [-0.3, -0.25) is 4.79 Å². The number of thiazole rings is 1. The average molecular weight is 343 g/mol. The van der Waals surface area contributed by atoms with E-state index in [2.05, 4.69) is 14.7 Å². The van der Waals surface area contributed by atoms with Crippen LogP contribution in [0.25, 0.3) is 0 Å². The molecular weight excluding hydrogens is 330 g/mol. The molecule has 0 aromatic carbocycles. The maximum Gasteiger partial charge on any atom is 0.340 e. The van der Waals surface area contributed by atoms with Crippen LogP contribution in [-0.2, 0) is 10.5 Å². The molecule has 6 nitrogen and oxygen atoms in total. The Morgan fingerprint density at radius 2 is 2.19 bits per heavy atom. The Morgan fingerprint density at radius 3 is 2.81 bits per heavy atom. The summed E-state index contributed by atoms with van der Waals surface area (Å²) in [4.78, 5) is 27.2. The number of amides is 1. The van der Waals surface area contributed by atoms with Crippen LogP contribution in [-0.4, -0.2) is 32.1 Å². The maximum absolute atomic E-state index is 11.8. The van der Waals surface area contributed by atoms with E-state index in [9.17, 15) is 9.59 Å². The van der Waals surface area contributed by atoms with Gasteiger partial charge in [-0.05, 0) is 25.4 Å². The van der Waals surface area contributed by atoms with Crippen LogP contribution in [0.3, 0.4) is 0 Å². The van der Waals surface area contributed by atoms with E-state index in [1.54, 1.807) is 18.3 Å². The third kappa shape index (κ3) is 4.26. The highest BCUT2D eigenvalue weighted by Gasteiger charge is 2.19. The Labute approximate surface area is 133 Å². The second kappa shape index (κ2) is 7.01. The van der Waals surface area contributed by atoms with Crippen LogP contribution in [0, 0.1) is 13.8 Å². The van der Waals surface area contributed by atoms with Crippen molar-refractivity contribution < 1.29 is 14.7 Å². The monoisotopic (exact) mass is 343 g/mol. The molecule has 2 aromatic rings. The van der Waals surface area contributed by atoms with E-state index >= 15 is 0 Å². The maximum atomic E-state index is 11.8. The molecular formula is C12H13N3O3S3. The van der Waals surface area contributed by atoms with E-state index in [0.29, 0.717) is 11.4 Å². The van der Waals surface area contributed by atoms with Gasteiger partial charge in [0.05, 0.1) is 22.1 Å². The van der Waals surface area contributed by atoms with Crippen molar-refractivity contribution in [3.63, 3.8) is 0 Å². The molecule has 0 spiro atoms. The van der Waals surface area contributed by atoms with Crippen molar-refractivity contribution in [3.05, 3.63) is 27.3 Å². The summed E-state index contributed by atoms with van der Waals surface area (Å²) in [7, 11) is 0. The molecule has 21 heavy (non-hydrogen) atoms. The van der Waals surface area contributed by atoms with Crippen molar-refractivity contribution in [1.29, 1.82) is 0 Å². The van der Waals surface area contributed by atoms with Crippen LogP contribution in [0.5, 0.6) is 0 Å². The molecule has 2 rings (SSSR count). The van der Waals surface area contributed by atoms with Gasteiger partial charge in [-0.25, -0.2) is 9.78 Å². The molecule has 0 aliphatic carbocycles. The molecule has 0 saturated heterocycles. The van der Waals surface area contributed by atoms with Crippen molar-refractivity contribution in [1.82, 2.24) is 9.36 Å². The summed E-state index contributed by atoms with van der Waals surface area (Å²) in [5.41, 5.74) is 1.43. The van der Waals surface area contributed by atoms with Crippen molar-refractivity contribution in [2.45, 2.75) is 19.6 Å². The van der Waals surface area contributed by atoms with Crippen LogP contribution >= 0.6 is 34.6 Å². The molecule has 0 aliphatic rings. The number of thioether (sulfide) groups is 1. The number of anilines is 1. The minimum Gasteiger partial charge on any atom is -0.478 e. The molecule has 2 aromatic heterocycles. The topological polar surface area (TPSA) is 92.2 Å². The lowest BCUT2D eigenvalue weighted by molar-refractivity contribution is -0.113. The number of carbonyl (C=O) groups is 2. The first-order valence-corrected chi connectivity index (χ1v) is 8.76. The summed E-state index contributed by atoms with van der Waals surface area (Å²) < 4.78 is 3.95. The van der Waals surface area contributed by atoms with Gasteiger partial charge >= 0.3 is 5.97 Å². The average Bonchev–Trinajstić information content (AvgIpc) is 2.96. The lowest BCUT2D eigenvalue weighted by atomic mass is 10.2. The fourth-order valence-corrected chi connectivity index (χ4v) is 3.83. The van der Waals surface area contributed by atoms with Crippen LogP contribution in [0.1, 0.15) is 26.8 Å². The zero-order valence-electron chi connectivity index (χ0n) is 11.4. The van der Waals surface area contributed by atoms with Gasteiger partial charge in [0.1, 0.15) is 10.6 Å². The molecule has 0 unspecified atom stereocenters. The van der Waals surface area contributed by atoms with Gasteiger partial charge in [-0.15, -0.1) is 23.1 Å². The predicted octanol–water partition coefficient (Wildman–Crippen LogP) is 2.79. The zero-order chi connectivity index (χ0) is 15.4. The molecule has 112 valence electrons. The number of aromatic nitrogens is 2. The quantitative estimate of drug-likeness (QED) is 0.838. The fraction of sp³-hybridized carbons (Fsp3) is 0.333. The molecule has 2 heterocycles. The molecule has 0 aliphatic heterocycles. The summed E-state index contributed by atoms with van der Waals surface area (Å²) in [5, 5.41) is 14.9. The molecule has 2 N–H and O–H groups in total. The number of aryl methyl sites for hydroxylation is 2. The smallest absolute Gasteiger partial charge is 0.340 e. The summed E-state index contributed by atoms with van der Waals surface area (Å²) in [6.45, 7) is 3.54. The number of aromatic carboxylic acids is 1. The molecule has 0 radical (unpaired) electrons. The van der Waals surface area contributed by atoms with E-state index in [1.165, 1.54) is 11.8 Å². The molecule has 0 bridgehead atoms. The van der Waals surface area contributed by atoms with Crippen LogP contribution in [0.4, 0.5) is 5.00 Å². The lowest BCUT2D eigenvalue weighted by Crippen LogP contribution is -2.15. The van der Waals surface area contributed by atoms with Gasteiger partial charge < -0.3 is 10.4 Å². The fourth-order valence-electron chi connectivity index (χ4n) is 1.59. The van der Waals surface area contributed by atoms with E-state index in [0.717, 1.165) is 22.2 Å². The number of hydrogen-bond donors (Lipinski definition) is 2. The highest BCUT2D eigenvalue weighted by Crippen LogP contribution is 2.24. The number of carboxylic acids is 1. The third-order valence-corrected chi connectivity index (χ3v) is 5.12. The molecule has 9 heteroatoms. The van der Waals surface area contributed by atoms with Crippen LogP contribution in [0.2, 0.25) is 0 Å².